The summed E-state index contributed by atoms with van der Waals surface area (Å²) in [5.74, 6) is 0. The monoisotopic (exact) mass is 250 g/mol. The molecule has 0 unspecified atom stereocenters. The molecule has 3 nitrogen and oxygen atoms in total. The minimum Gasteiger partial charge on any atom is -0.375 e. The highest BCUT2D eigenvalue weighted by molar-refractivity contribution is 7.10. The van der Waals surface area contributed by atoms with Crippen molar-refractivity contribution in [1.82, 2.24) is 4.90 Å². The van der Waals surface area contributed by atoms with Crippen molar-refractivity contribution < 1.29 is 4.74 Å². The Kier molecular flexibility index (Phi) is 3.53. The van der Waals surface area contributed by atoms with Crippen LogP contribution in [0.2, 0.25) is 0 Å². The van der Waals surface area contributed by atoms with Crippen LogP contribution in [0.25, 0.3) is 0 Å². The number of hydrogen-bond acceptors (Lipinski definition) is 4. The van der Waals surface area contributed by atoms with Crippen LogP contribution in [-0.4, -0.2) is 29.7 Å². The molecule has 0 spiro atoms. The Labute approximate surface area is 107 Å². The van der Waals surface area contributed by atoms with Gasteiger partial charge in [0.05, 0.1) is 18.3 Å². The third-order valence-corrected chi connectivity index (χ3v) is 4.11. The van der Waals surface area contributed by atoms with Crippen LogP contribution in [0, 0.1) is 11.3 Å². The van der Waals surface area contributed by atoms with Gasteiger partial charge < -0.3 is 4.74 Å². The molecule has 0 aliphatic carbocycles. The largest absolute Gasteiger partial charge is 0.375 e. The first-order valence-electron chi connectivity index (χ1n) is 5.85. The van der Waals surface area contributed by atoms with Gasteiger partial charge in [-0.2, -0.15) is 5.26 Å². The zero-order chi connectivity index (χ0) is 12.5. The van der Waals surface area contributed by atoms with Crippen molar-refractivity contribution in [3.63, 3.8) is 0 Å². The molecule has 92 valence electrons. The lowest BCUT2D eigenvalue weighted by Gasteiger charge is -2.44. The van der Waals surface area contributed by atoms with Gasteiger partial charge in [0.25, 0.3) is 0 Å². The molecule has 0 N–H and O–H groups in total. The number of hydrogen-bond donors (Lipinski definition) is 0. The van der Waals surface area contributed by atoms with Crippen molar-refractivity contribution in [1.29, 1.82) is 5.26 Å². The molecule has 0 bridgehead atoms. The Hall–Kier alpha value is -0.890. The third kappa shape index (κ3) is 2.86. The topological polar surface area (TPSA) is 36.3 Å². The fourth-order valence-electron chi connectivity index (χ4n) is 2.04. The summed E-state index contributed by atoms with van der Waals surface area (Å²) in [6.45, 7) is 9.15. The summed E-state index contributed by atoms with van der Waals surface area (Å²) in [6.07, 6.45) is 0.290. The quantitative estimate of drug-likeness (QED) is 0.809. The fourth-order valence-corrected chi connectivity index (χ4v) is 2.86. The second kappa shape index (κ2) is 4.77. The average molecular weight is 250 g/mol. The van der Waals surface area contributed by atoms with Gasteiger partial charge in [-0.3, -0.25) is 4.90 Å². The zero-order valence-electron chi connectivity index (χ0n) is 10.6. The summed E-state index contributed by atoms with van der Waals surface area (Å²) in [7, 11) is 0. The number of thiophene rings is 1. The van der Waals surface area contributed by atoms with Crippen LogP contribution in [0.5, 0.6) is 0 Å². The number of nitriles is 1. The fraction of sp³-hybridized carbons (Fsp3) is 0.615. The van der Waals surface area contributed by atoms with Crippen LogP contribution >= 0.6 is 11.3 Å². The smallest absolute Gasteiger partial charge is 0.100 e. The minimum absolute atomic E-state index is 0.0727. The molecule has 1 atom stereocenters. The van der Waals surface area contributed by atoms with E-state index in [9.17, 15) is 0 Å². The van der Waals surface area contributed by atoms with Gasteiger partial charge in [-0.15, -0.1) is 11.3 Å². The van der Waals surface area contributed by atoms with Crippen LogP contribution in [0.4, 0.5) is 0 Å². The molecule has 1 aliphatic heterocycles. The summed E-state index contributed by atoms with van der Waals surface area (Å²) in [6, 6.07) is 4.17. The predicted octanol–water partition coefficient (Wildman–Crippen LogP) is 2.62. The van der Waals surface area contributed by atoms with Crippen molar-refractivity contribution in [2.24, 2.45) is 0 Å². The summed E-state index contributed by atoms with van der Waals surface area (Å²) in [5, 5.41) is 10.7. The van der Waals surface area contributed by atoms with E-state index in [-0.39, 0.29) is 5.54 Å². The highest BCUT2D eigenvalue weighted by Gasteiger charge is 2.33. The van der Waals surface area contributed by atoms with E-state index < -0.39 is 0 Å². The highest BCUT2D eigenvalue weighted by Crippen LogP contribution is 2.26. The average Bonchev–Trinajstić information content (AvgIpc) is 2.72. The van der Waals surface area contributed by atoms with E-state index in [1.165, 1.54) is 4.88 Å². The van der Waals surface area contributed by atoms with Gasteiger partial charge in [0.2, 0.25) is 0 Å². The standard InChI is InChI=1S/C13H18N2OS/c1-10-6-15(13(2,3)9-16-10)7-12-4-11(5-14)8-17-12/h4,8,10H,6-7,9H2,1-3H3/t10-/m1/s1. The van der Waals surface area contributed by atoms with Crippen molar-refractivity contribution in [2.45, 2.75) is 39.0 Å². The van der Waals surface area contributed by atoms with Gasteiger partial charge in [-0.05, 0) is 26.8 Å². The predicted molar refractivity (Wildman–Crippen MR) is 68.9 cm³/mol. The molecule has 4 heteroatoms. The molecular formula is C13H18N2OS. The Morgan fingerprint density at radius 3 is 3.06 bits per heavy atom. The summed E-state index contributed by atoms with van der Waals surface area (Å²) >= 11 is 1.66. The normalized spacial score (nSPS) is 24.5. The Balaban J connectivity index is 2.08. The zero-order valence-corrected chi connectivity index (χ0v) is 11.4. The molecule has 0 radical (unpaired) electrons. The molecule has 1 aromatic rings. The van der Waals surface area contributed by atoms with Gasteiger partial charge in [-0.25, -0.2) is 0 Å². The second-order valence-electron chi connectivity index (χ2n) is 5.23. The molecule has 0 amide bonds. The van der Waals surface area contributed by atoms with Crippen LogP contribution < -0.4 is 0 Å². The van der Waals surface area contributed by atoms with E-state index in [1.54, 1.807) is 11.3 Å². The third-order valence-electron chi connectivity index (χ3n) is 3.18. The van der Waals surface area contributed by atoms with E-state index in [1.807, 2.05) is 11.4 Å². The van der Waals surface area contributed by atoms with Crippen molar-refractivity contribution in [2.75, 3.05) is 13.2 Å². The molecule has 2 rings (SSSR count). The molecule has 1 aromatic heterocycles. The maximum Gasteiger partial charge on any atom is 0.100 e. The molecule has 1 saturated heterocycles. The van der Waals surface area contributed by atoms with Gasteiger partial charge in [0, 0.05) is 28.9 Å². The maximum absolute atomic E-state index is 8.82. The molecule has 0 saturated carbocycles. The molecule has 0 aromatic carbocycles. The molecule has 2 heterocycles. The Morgan fingerprint density at radius 1 is 1.65 bits per heavy atom. The summed E-state index contributed by atoms with van der Waals surface area (Å²) < 4.78 is 5.70. The van der Waals surface area contributed by atoms with E-state index in [4.69, 9.17) is 10.00 Å². The molecule has 17 heavy (non-hydrogen) atoms. The van der Waals surface area contributed by atoms with Crippen LogP contribution in [0.15, 0.2) is 11.4 Å². The van der Waals surface area contributed by atoms with Gasteiger partial charge in [0.1, 0.15) is 6.07 Å². The van der Waals surface area contributed by atoms with Crippen molar-refractivity contribution in [3.05, 3.63) is 21.9 Å². The van der Waals surface area contributed by atoms with Gasteiger partial charge in [-0.1, -0.05) is 0 Å². The number of rotatable bonds is 2. The first-order chi connectivity index (χ1) is 8.01. The SMILES string of the molecule is C[C@@H]1CN(Cc2cc(C#N)cs2)C(C)(C)CO1. The lowest BCUT2D eigenvalue weighted by atomic mass is 10.0. The van der Waals surface area contributed by atoms with E-state index in [0.717, 1.165) is 25.3 Å². The van der Waals surface area contributed by atoms with Crippen LogP contribution in [-0.2, 0) is 11.3 Å². The van der Waals surface area contributed by atoms with Gasteiger partial charge >= 0.3 is 0 Å². The molecule has 1 fully saturated rings. The summed E-state index contributed by atoms with van der Waals surface area (Å²) in [5.41, 5.74) is 0.840. The van der Waals surface area contributed by atoms with Crippen LogP contribution in [0.1, 0.15) is 31.2 Å². The maximum atomic E-state index is 8.82. The van der Waals surface area contributed by atoms with Gasteiger partial charge in [0.15, 0.2) is 0 Å². The first-order valence-corrected chi connectivity index (χ1v) is 6.73. The second-order valence-corrected chi connectivity index (χ2v) is 6.22. The number of nitrogens with zero attached hydrogens (tertiary/aromatic N) is 2. The van der Waals surface area contributed by atoms with E-state index >= 15 is 0 Å². The summed E-state index contributed by atoms with van der Waals surface area (Å²) in [4.78, 5) is 3.69. The van der Waals surface area contributed by atoms with Crippen molar-refractivity contribution >= 4 is 11.3 Å². The van der Waals surface area contributed by atoms with E-state index in [2.05, 4.69) is 31.7 Å². The minimum atomic E-state index is 0.0727. The Bertz CT molecular complexity index is 433. The molecule has 1 aliphatic rings. The van der Waals surface area contributed by atoms with E-state index in [0.29, 0.717) is 6.10 Å². The molecular weight excluding hydrogens is 232 g/mol. The number of morpholine rings is 1. The van der Waals surface area contributed by atoms with Crippen molar-refractivity contribution in [3.8, 4) is 6.07 Å². The van der Waals surface area contributed by atoms with Crippen LogP contribution in [0.3, 0.4) is 0 Å². The first kappa shape index (κ1) is 12.6. The lowest BCUT2D eigenvalue weighted by Crippen LogP contribution is -2.54. The highest BCUT2D eigenvalue weighted by atomic mass is 32.1. The number of ether oxygens (including phenoxy) is 1. The Morgan fingerprint density at radius 2 is 2.41 bits per heavy atom. The lowest BCUT2D eigenvalue weighted by molar-refractivity contribution is -0.0946.